The highest BCUT2D eigenvalue weighted by Gasteiger charge is 2.29. The summed E-state index contributed by atoms with van der Waals surface area (Å²) in [5.74, 6) is -0.199. The number of nitrogens with zero attached hydrogens (tertiary/aromatic N) is 2. The monoisotopic (exact) mass is 345 g/mol. The number of rotatable bonds is 3. The van der Waals surface area contributed by atoms with Crippen LogP contribution in [0.3, 0.4) is 0 Å². The van der Waals surface area contributed by atoms with Gasteiger partial charge < -0.3 is 19.9 Å². The van der Waals surface area contributed by atoms with Crippen molar-refractivity contribution in [1.29, 1.82) is 0 Å². The van der Waals surface area contributed by atoms with E-state index in [4.69, 9.17) is 4.74 Å². The molecule has 2 aliphatic heterocycles. The van der Waals surface area contributed by atoms with E-state index in [1.54, 1.807) is 11.8 Å². The minimum atomic E-state index is -0.322. The maximum absolute atomic E-state index is 12.6. The fraction of sp³-hybridized carbons (Fsp3) is 0.579. The molecule has 0 radical (unpaired) electrons. The van der Waals surface area contributed by atoms with Crippen molar-refractivity contribution in [3.8, 4) is 0 Å². The Bertz CT molecular complexity index is 647. The van der Waals surface area contributed by atoms with E-state index in [0.717, 1.165) is 37.9 Å². The van der Waals surface area contributed by atoms with Crippen LogP contribution >= 0.6 is 0 Å². The number of fused-ring (bicyclic) bond motifs is 1. The summed E-state index contributed by atoms with van der Waals surface area (Å²) in [6, 6.07) is 6.12. The van der Waals surface area contributed by atoms with Crippen molar-refractivity contribution in [3.63, 3.8) is 0 Å². The number of benzene rings is 1. The van der Waals surface area contributed by atoms with Crippen LogP contribution < -0.4 is 10.2 Å². The molecule has 2 amide bonds. The number of likely N-dealkylation sites (tertiary alicyclic amines) is 1. The lowest BCUT2D eigenvalue weighted by Gasteiger charge is -2.31. The van der Waals surface area contributed by atoms with Crippen LogP contribution in [-0.4, -0.2) is 50.2 Å². The average molecular weight is 345 g/mol. The quantitative estimate of drug-likeness (QED) is 0.915. The Morgan fingerprint density at radius 1 is 1.28 bits per heavy atom. The van der Waals surface area contributed by atoms with Crippen molar-refractivity contribution in [2.24, 2.45) is 5.92 Å². The Kier molecular flexibility index (Phi) is 5.46. The lowest BCUT2D eigenvalue weighted by atomic mass is 9.97. The summed E-state index contributed by atoms with van der Waals surface area (Å²) >= 11 is 0. The first-order valence-corrected chi connectivity index (χ1v) is 9.15. The fourth-order valence-corrected chi connectivity index (χ4v) is 3.68. The molecule has 6 heteroatoms. The third kappa shape index (κ3) is 4.06. The SMILES string of the molecule is CCOC(=O)N1CCC[C@H](C(=O)Nc2ccc3c(c2)CCCN3C)C1. The van der Waals surface area contributed by atoms with Gasteiger partial charge in [-0.05, 0) is 56.4 Å². The van der Waals surface area contributed by atoms with Gasteiger partial charge in [0.05, 0.1) is 12.5 Å². The van der Waals surface area contributed by atoms with Crippen molar-refractivity contribution in [2.45, 2.75) is 32.6 Å². The predicted octanol–water partition coefficient (Wildman–Crippen LogP) is 2.88. The third-order valence-corrected chi connectivity index (χ3v) is 5.02. The molecule has 3 rings (SSSR count). The van der Waals surface area contributed by atoms with Gasteiger partial charge >= 0.3 is 6.09 Å². The van der Waals surface area contributed by atoms with E-state index in [2.05, 4.69) is 29.4 Å². The fourth-order valence-electron chi connectivity index (χ4n) is 3.68. The first kappa shape index (κ1) is 17.6. The molecule has 1 atom stereocenters. The van der Waals surface area contributed by atoms with E-state index in [-0.39, 0.29) is 17.9 Å². The van der Waals surface area contributed by atoms with E-state index >= 15 is 0 Å². The average Bonchev–Trinajstić information content (AvgIpc) is 2.62. The van der Waals surface area contributed by atoms with Gasteiger partial charge in [0.15, 0.2) is 0 Å². The van der Waals surface area contributed by atoms with E-state index < -0.39 is 0 Å². The van der Waals surface area contributed by atoms with Gasteiger partial charge in [-0.2, -0.15) is 0 Å². The molecule has 0 unspecified atom stereocenters. The largest absolute Gasteiger partial charge is 0.450 e. The molecule has 0 spiro atoms. The highest BCUT2D eigenvalue weighted by molar-refractivity contribution is 5.93. The van der Waals surface area contributed by atoms with Gasteiger partial charge in [-0.25, -0.2) is 4.79 Å². The summed E-state index contributed by atoms with van der Waals surface area (Å²) < 4.78 is 5.05. The molecule has 2 aliphatic rings. The zero-order chi connectivity index (χ0) is 17.8. The number of aryl methyl sites for hydroxylation is 1. The third-order valence-electron chi connectivity index (χ3n) is 5.02. The van der Waals surface area contributed by atoms with Crippen molar-refractivity contribution < 1.29 is 14.3 Å². The Morgan fingerprint density at radius 2 is 2.12 bits per heavy atom. The summed E-state index contributed by atoms with van der Waals surface area (Å²) in [7, 11) is 2.10. The van der Waals surface area contributed by atoms with Crippen LogP contribution in [0.1, 0.15) is 31.7 Å². The number of carbonyl (C=O) groups excluding carboxylic acids is 2. The lowest BCUT2D eigenvalue weighted by molar-refractivity contribution is -0.121. The van der Waals surface area contributed by atoms with E-state index in [9.17, 15) is 9.59 Å². The van der Waals surface area contributed by atoms with Crippen LogP contribution in [0.4, 0.5) is 16.2 Å². The molecule has 1 aromatic rings. The van der Waals surface area contributed by atoms with Crippen LogP contribution in [-0.2, 0) is 16.0 Å². The number of nitrogens with one attached hydrogen (secondary N) is 1. The predicted molar refractivity (Wildman–Crippen MR) is 98.0 cm³/mol. The second kappa shape index (κ2) is 7.76. The Morgan fingerprint density at radius 3 is 2.92 bits per heavy atom. The normalized spacial score (nSPS) is 20.0. The van der Waals surface area contributed by atoms with Crippen LogP contribution in [0.5, 0.6) is 0 Å². The maximum Gasteiger partial charge on any atom is 0.409 e. The summed E-state index contributed by atoms with van der Waals surface area (Å²) in [5, 5.41) is 3.03. The number of ether oxygens (including phenoxy) is 1. The van der Waals surface area contributed by atoms with E-state index in [1.807, 2.05) is 6.07 Å². The Balaban J connectivity index is 1.63. The van der Waals surface area contributed by atoms with Gasteiger partial charge in [0, 0.05) is 38.1 Å². The van der Waals surface area contributed by atoms with E-state index in [0.29, 0.717) is 19.7 Å². The molecule has 1 fully saturated rings. The number of hydrogen-bond donors (Lipinski definition) is 1. The van der Waals surface area contributed by atoms with E-state index in [1.165, 1.54) is 11.3 Å². The minimum absolute atomic E-state index is 0.0156. The second-order valence-electron chi connectivity index (χ2n) is 6.84. The second-order valence-corrected chi connectivity index (χ2v) is 6.84. The number of hydrogen-bond acceptors (Lipinski definition) is 4. The minimum Gasteiger partial charge on any atom is -0.450 e. The van der Waals surface area contributed by atoms with Crippen LogP contribution in [0.2, 0.25) is 0 Å². The maximum atomic E-state index is 12.6. The van der Waals surface area contributed by atoms with Crippen molar-refractivity contribution >= 4 is 23.4 Å². The zero-order valence-electron chi connectivity index (χ0n) is 15.1. The number of anilines is 2. The first-order chi connectivity index (χ1) is 12.1. The molecular formula is C19H27N3O3. The number of amides is 2. The van der Waals surface area contributed by atoms with Crippen LogP contribution in [0.15, 0.2) is 18.2 Å². The van der Waals surface area contributed by atoms with Gasteiger partial charge in [-0.15, -0.1) is 0 Å². The molecule has 0 aliphatic carbocycles. The Hall–Kier alpha value is -2.24. The topological polar surface area (TPSA) is 61.9 Å². The standard InChI is InChI=1S/C19H27N3O3/c1-3-25-19(24)22-11-5-7-15(13-22)18(23)20-16-8-9-17-14(12-16)6-4-10-21(17)2/h8-9,12,15H,3-7,10-11,13H2,1-2H3,(H,20,23)/t15-/m0/s1. The zero-order valence-corrected chi connectivity index (χ0v) is 15.1. The molecule has 0 saturated carbocycles. The van der Waals surface area contributed by atoms with Gasteiger partial charge in [-0.3, -0.25) is 4.79 Å². The van der Waals surface area contributed by atoms with Gasteiger partial charge in [-0.1, -0.05) is 0 Å². The summed E-state index contributed by atoms with van der Waals surface area (Å²) in [6.07, 6.45) is 3.49. The van der Waals surface area contributed by atoms with Crippen molar-refractivity contribution in [2.75, 3.05) is 43.5 Å². The summed E-state index contributed by atoms with van der Waals surface area (Å²) in [6.45, 7) is 4.31. The molecule has 6 nitrogen and oxygen atoms in total. The molecule has 1 saturated heterocycles. The number of carbonyl (C=O) groups is 2. The molecule has 25 heavy (non-hydrogen) atoms. The molecule has 0 bridgehead atoms. The molecule has 1 N–H and O–H groups in total. The van der Waals surface area contributed by atoms with Gasteiger partial charge in [0.1, 0.15) is 0 Å². The molecular weight excluding hydrogens is 318 g/mol. The van der Waals surface area contributed by atoms with Crippen molar-refractivity contribution in [3.05, 3.63) is 23.8 Å². The number of piperidine rings is 1. The van der Waals surface area contributed by atoms with Gasteiger partial charge in [0.2, 0.25) is 5.91 Å². The first-order valence-electron chi connectivity index (χ1n) is 9.15. The molecule has 1 aromatic carbocycles. The van der Waals surface area contributed by atoms with Gasteiger partial charge in [0.25, 0.3) is 0 Å². The van der Waals surface area contributed by atoms with Crippen LogP contribution in [0.25, 0.3) is 0 Å². The highest BCUT2D eigenvalue weighted by Crippen LogP contribution is 2.29. The van der Waals surface area contributed by atoms with Crippen LogP contribution in [0, 0.1) is 5.92 Å². The Labute approximate surface area is 149 Å². The molecule has 0 aromatic heterocycles. The lowest BCUT2D eigenvalue weighted by Crippen LogP contribution is -2.44. The molecule has 136 valence electrons. The summed E-state index contributed by atoms with van der Waals surface area (Å²) in [4.78, 5) is 28.4. The highest BCUT2D eigenvalue weighted by atomic mass is 16.6. The van der Waals surface area contributed by atoms with Crippen molar-refractivity contribution in [1.82, 2.24) is 4.90 Å². The molecule has 2 heterocycles. The summed E-state index contributed by atoms with van der Waals surface area (Å²) in [5.41, 5.74) is 3.37. The smallest absolute Gasteiger partial charge is 0.409 e.